The molecule has 7 heteroatoms. The first-order chi connectivity index (χ1) is 18.9. The fourth-order valence-corrected chi connectivity index (χ4v) is 4.69. The summed E-state index contributed by atoms with van der Waals surface area (Å²) in [6.45, 7) is 0.423. The van der Waals surface area contributed by atoms with E-state index in [0.29, 0.717) is 18.7 Å². The highest BCUT2D eigenvalue weighted by Crippen LogP contribution is 2.37. The quantitative estimate of drug-likeness (QED) is 0.168. The number of anilines is 1. The zero-order chi connectivity index (χ0) is 27.6. The molecule has 0 aliphatic carbocycles. The minimum absolute atomic E-state index is 0.0295. The average Bonchev–Trinajstić information content (AvgIpc) is 2.94. The lowest BCUT2D eigenvalue weighted by Crippen LogP contribution is -2.45. The summed E-state index contributed by atoms with van der Waals surface area (Å²) in [6.07, 6.45) is 6.67. The van der Waals surface area contributed by atoms with E-state index < -0.39 is 18.0 Å². The smallest absolute Gasteiger partial charge is 0.346 e. The van der Waals surface area contributed by atoms with E-state index in [2.05, 4.69) is 36.4 Å². The summed E-state index contributed by atoms with van der Waals surface area (Å²) < 4.78 is 5.73. The molecule has 7 nitrogen and oxygen atoms in total. The molecule has 0 spiro atoms. The molecule has 2 N–H and O–H groups in total. The lowest BCUT2D eigenvalue weighted by atomic mass is 10.0. The first-order valence-corrected chi connectivity index (χ1v) is 13.2. The minimum atomic E-state index is -1.15. The van der Waals surface area contributed by atoms with E-state index >= 15 is 0 Å². The van der Waals surface area contributed by atoms with Crippen molar-refractivity contribution in [2.24, 2.45) is 0 Å². The predicted molar refractivity (Wildman–Crippen MR) is 150 cm³/mol. The summed E-state index contributed by atoms with van der Waals surface area (Å²) in [5, 5.41) is 18.5. The van der Waals surface area contributed by atoms with Gasteiger partial charge in [0.25, 0.3) is 0 Å². The number of allylic oxidation sites excluding steroid dienone is 1. The number of benzene rings is 3. The van der Waals surface area contributed by atoms with Crippen LogP contribution in [0.15, 0.2) is 78.9 Å². The fourth-order valence-electron chi connectivity index (χ4n) is 4.69. The number of carbonyl (C=O) groups excluding carboxylic acids is 1. The van der Waals surface area contributed by atoms with Crippen LogP contribution in [0.4, 0.5) is 5.69 Å². The molecular weight excluding hydrogens is 494 g/mol. The molecule has 0 saturated heterocycles. The van der Waals surface area contributed by atoms with Gasteiger partial charge in [-0.15, -0.1) is 0 Å². The maximum atomic E-state index is 13.1. The lowest BCUT2D eigenvalue weighted by Gasteiger charge is -2.35. The molecule has 1 aliphatic heterocycles. The Kier molecular flexibility index (Phi) is 9.51. The summed E-state index contributed by atoms with van der Waals surface area (Å²) in [4.78, 5) is 37.5. The summed E-state index contributed by atoms with van der Waals surface area (Å²) >= 11 is 0. The van der Waals surface area contributed by atoms with Gasteiger partial charge < -0.3 is 19.8 Å². The normalized spacial score (nSPS) is 14.6. The topological polar surface area (TPSA) is 104 Å². The predicted octanol–water partition coefficient (Wildman–Crippen LogP) is 5.66. The monoisotopic (exact) mass is 527 g/mol. The highest BCUT2D eigenvalue weighted by molar-refractivity contribution is 6.10. The zero-order valence-electron chi connectivity index (χ0n) is 21.8. The Morgan fingerprint density at radius 1 is 0.846 bits per heavy atom. The third-order valence-corrected chi connectivity index (χ3v) is 6.77. The Morgan fingerprint density at radius 3 is 2.21 bits per heavy atom. The number of rotatable bonds is 13. The third-order valence-electron chi connectivity index (χ3n) is 6.77. The number of fused-ring (bicyclic) bond motifs is 1. The standard InChI is InChI=1S/C32H33NO6/c34-28(20-19-25-17-15-24(16-18-25)11-5-4-10-23-8-2-1-3-9-23)26-12-6-13-27-31(26)39-29(32(37)38)22-33(27)21-7-14-30(35)36/h1-3,6,8-9,12-13,15-20,29H,4-5,7,10-11,14,21-22H2,(H,35,36)(H,37,38)/b20-19+. The Morgan fingerprint density at radius 2 is 1.54 bits per heavy atom. The maximum absolute atomic E-state index is 13.1. The highest BCUT2D eigenvalue weighted by Gasteiger charge is 2.32. The van der Waals surface area contributed by atoms with Crippen LogP contribution in [0.1, 0.15) is 52.7 Å². The van der Waals surface area contributed by atoms with Crippen molar-refractivity contribution < 1.29 is 29.3 Å². The van der Waals surface area contributed by atoms with Crippen molar-refractivity contribution in [3.05, 3.63) is 101 Å². The van der Waals surface area contributed by atoms with Crippen LogP contribution in [0.3, 0.4) is 0 Å². The van der Waals surface area contributed by atoms with Gasteiger partial charge in [-0.2, -0.15) is 0 Å². The van der Waals surface area contributed by atoms with Crippen molar-refractivity contribution in [3.63, 3.8) is 0 Å². The Bertz CT molecular complexity index is 1320. The highest BCUT2D eigenvalue weighted by atomic mass is 16.5. The molecule has 0 bridgehead atoms. The van der Waals surface area contributed by atoms with Crippen molar-refractivity contribution in [1.29, 1.82) is 0 Å². The number of carboxylic acids is 2. The number of aryl methyl sites for hydroxylation is 2. The molecule has 1 heterocycles. The Labute approximate surface area is 228 Å². The summed E-state index contributed by atoms with van der Waals surface area (Å²) in [6, 6.07) is 23.7. The van der Waals surface area contributed by atoms with Gasteiger partial charge in [-0.05, 0) is 67.0 Å². The summed E-state index contributed by atoms with van der Waals surface area (Å²) in [5.74, 6) is -2.13. The second-order valence-corrected chi connectivity index (χ2v) is 9.67. The van der Waals surface area contributed by atoms with Crippen molar-refractivity contribution in [2.45, 2.75) is 44.6 Å². The molecule has 1 unspecified atom stereocenters. The largest absolute Gasteiger partial charge is 0.481 e. The van der Waals surface area contributed by atoms with Gasteiger partial charge in [-0.3, -0.25) is 9.59 Å². The zero-order valence-corrected chi connectivity index (χ0v) is 21.8. The molecule has 39 heavy (non-hydrogen) atoms. The second kappa shape index (κ2) is 13.4. The molecule has 0 saturated carbocycles. The lowest BCUT2D eigenvalue weighted by molar-refractivity contribution is -0.145. The number of ether oxygens (including phenoxy) is 1. The van der Waals surface area contributed by atoms with Crippen LogP contribution < -0.4 is 9.64 Å². The van der Waals surface area contributed by atoms with Crippen LogP contribution >= 0.6 is 0 Å². The maximum Gasteiger partial charge on any atom is 0.346 e. The number of unbranched alkanes of at least 4 members (excludes halogenated alkanes) is 1. The van der Waals surface area contributed by atoms with E-state index in [1.54, 1.807) is 29.2 Å². The van der Waals surface area contributed by atoms with E-state index in [-0.39, 0.29) is 30.1 Å². The molecule has 0 radical (unpaired) electrons. The number of para-hydroxylation sites is 1. The minimum Gasteiger partial charge on any atom is -0.481 e. The van der Waals surface area contributed by atoms with Gasteiger partial charge in [0.2, 0.25) is 6.10 Å². The molecule has 4 rings (SSSR count). The van der Waals surface area contributed by atoms with Gasteiger partial charge in [0.15, 0.2) is 11.5 Å². The fraction of sp³-hybridized carbons (Fsp3) is 0.281. The number of hydrogen-bond acceptors (Lipinski definition) is 5. The number of ketones is 1. The summed E-state index contributed by atoms with van der Waals surface area (Å²) in [5.41, 5.74) is 4.36. The van der Waals surface area contributed by atoms with Gasteiger partial charge in [-0.25, -0.2) is 4.79 Å². The molecule has 1 aliphatic rings. The van der Waals surface area contributed by atoms with Gasteiger partial charge in [0, 0.05) is 13.0 Å². The van der Waals surface area contributed by atoms with E-state index in [0.717, 1.165) is 31.2 Å². The van der Waals surface area contributed by atoms with Gasteiger partial charge >= 0.3 is 11.9 Å². The molecule has 1 atom stereocenters. The van der Waals surface area contributed by atoms with Crippen molar-refractivity contribution >= 4 is 29.5 Å². The number of aliphatic carboxylic acids is 2. The van der Waals surface area contributed by atoms with E-state index in [1.165, 1.54) is 17.2 Å². The average molecular weight is 528 g/mol. The third kappa shape index (κ3) is 7.80. The SMILES string of the molecule is O=C(O)CCCN1CC(C(=O)O)Oc2c(C(=O)/C=C/c3ccc(CCCCc4ccccc4)cc3)cccc21. The first-order valence-electron chi connectivity index (χ1n) is 13.2. The van der Waals surface area contributed by atoms with Crippen molar-refractivity contribution in [3.8, 4) is 5.75 Å². The number of hydrogen-bond donors (Lipinski definition) is 2. The van der Waals surface area contributed by atoms with Crippen LogP contribution in [0, 0.1) is 0 Å². The van der Waals surface area contributed by atoms with E-state index in [9.17, 15) is 19.5 Å². The molecular formula is C32H33NO6. The number of carbonyl (C=O) groups is 3. The van der Waals surface area contributed by atoms with Crippen LogP contribution in [0.2, 0.25) is 0 Å². The Balaban J connectivity index is 1.39. The number of carboxylic acid groups (broad SMARTS) is 2. The number of nitrogens with zero attached hydrogens (tertiary/aromatic N) is 1. The molecule has 0 aromatic heterocycles. The van der Waals surface area contributed by atoms with Crippen LogP contribution in [0.5, 0.6) is 5.75 Å². The molecule has 3 aromatic rings. The summed E-state index contributed by atoms with van der Waals surface area (Å²) in [7, 11) is 0. The van der Waals surface area contributed by atoms with Crippen molar-refractivity contribution in [2.75, 3.05) is 18.0 Å². The van der Waals surface area contributed by atoms with Crippen LogP contribution in [-0.4, -0.2) is 47.1 Å². The van der Waals surface area contributed by atoms with E-state index in [4.69, 9.17) is 9.84 Å². The first kappa shape index (κ1) is 27.6. The van der Waals surface area contributed by atoms with Gasteiger partial charge in [0.05, 0.1) is 17.8 Å². The molecule has 202 valence electrons. The molecule has 3 aromatic carbocycles. The van der Waals surface area contributed by atoms with Gasteiger partial charge in [0.1, 0.15) is 0 Å². The van der Waals surface area contributed by atoms with E-state index in [1.807, 2.05) is 18.2 Å². The van der Waals surface area contributed by atoms with Crippen LogP contribution in [-0.2, 0) is 22.4 Å². The van der Waals surface area contributed by atoms with Crippen LogP contribution in [0.25, 0.3) is 6.08 Å². The van der Waals surface area contributed by atoms with Crippen molar-refractivity contribution in [1.82, 2.24) is 0 Å². The Hall–Kier alpha value is -4.39. The second-order valence-electron chi connectivity index (χ2n) is 9.67. The van der Waals surface area contributed by atoms with Gasteiger partial charge in [-0.1, -0.05) is 66.7 Å². The molecule has 0 amide bonds. The molecule has 0 fully saturated rings.